The Morgan fingerprint density at radius 2 is 1.75 bits per heavy atom. The van der Waals surface area contributed by atoms with Crippen LogP contribution in [0.4, 0.5) is 5.69 Å². The molecule has 0 aliphatic carbocycles. The minimum Gasteiger partial charge on any atom is -0.496 e. The van der Waals surface area contributed by atoms with Gasteiger partial charge in [-0.2, -0.15) is 0 Å². The van der Waals surface area contributed by atoms with E-state index in [4.69, 9.17) is 4.74 Å². The molecule has 0 radical (unpaired) electrons. The van der Waals surface area contributed by atoms with Gasteiger partial charge in [0.1, 0.15) is 5.75 Å². The Morgan fingerprint density at radius 1 is 1.07 bits per heavy atom. The van der Waals surface area contributed by atoms with Crippen molar-refractivity contribution in [2.45, 2.75) is 25.3 Å². The van der Waals surface area contributed by atoms with Crippen molar-refractivity contribution in [2.24, 2.45) is 0 Å². The SMILES string of the molecule is COc1ccccc1C(CNC(=O)c1ccc(N(C)C)cc1)N1CCCCC1. The van der Waals surface area contributed by atoms with E-state index in [9.17, 15) is 4.79 Å². The Bertz CT molecular complexity index is 768. The molecule has 2 aromatic carbocycles. The number of anilines is 1. The highest BCUT2D eigenvalue weighted by Crippen LogP contribution is 2.31. The van der Waals surface area contributed by atoms with Crippen LogP contribution in [0, 0.1) is 0 Å². The summed E-state index contributed by atoms with van der Waals surface area (Å²) in [4.78, 5) is 17.2. The molecule has 5 heteroatoms. The van der Waals surface area contributed by atoms with Gasteiger partial charge in [0, 0.05) is 37.5 Å². The van der Waals surface area contributed by atoms with Crippen LogP contribution in [0.1, 0.15) is 41.2 Å². The van der Waals surface area contributed by atoms with Gasteiger partial charge in [-0.05, 0) is 56.3 Å². The number of benzene rings is 2. The van der Waals surface area contributed by atoms with E-state index in [-0.39, 0.29) is 11.9 Å². The van der Waals surface area contributed by atoms with Gasteiger partial charge in [-0.15, -0.1) is 0 Å². The highest BCUT2D eigenvalue weighted by Gasteiger charge is 2.25. The van der Waals surface area contributed by atoms with E-state index in [2.05, 4.69) is 16.3 Å². The zero-order valence-corrected chi connectivity index (χ0v) is 17.1. The number of nitrogens with one attached hydrogen (secondary N) is 1. The van der Waals surface area contributed by atoms with E-state index < -0.39 is 0 Å². The summed E-state index contributed by atoms with van der Waals surface area (Å²) in [6.07, 6.45) is 3.68. The summed E-state index contributed by atoms with van der Waals surface area (Å²) in [5.41, 5.74) is 2.90. The van der Waals surface area contributed by atoms with Crippen molar-refractivity contribution < 1.29 is 9.53 Å². The number of nitrogens with zero attached hydrogens (tertiary/aromatic N) is 2. The molecule has 0 aromatic heterocycles. The molecule has 1 unspecified atom stereocenters. The minimum atomic E-state index is -0.0396. The fourth-order valence-corrected chi connectivity index (χ4v) is 3.81. The van der Waals surface area contributed by atoms with Gasteiger partial charge in [0.15, 0.2) is 0 Å². The molecule has 1 atom stereocenters. The second-order valence-corrected chi connectivity index (χ2v) is 7.51. The van der Waals surface area contributed by atoms with Gasteiger partial charge >= 0.3 is 0 Å². The molecule has 1 amide bonds. The molecule has 0 spiro atoms. The summed E-state index contributed by atoms with van der Waals surface area (Å²) < 4.78 is 5.60. The van der Waals surface area contributed by atoms with Crippen molar-refractivity contribution in [3.05, 3.63) is 59.7 Å². The number of hydrogen-bond donors (Lipinski definition) is 1. The molecule has 150 valence electrons. The van der Waals surface area contributed by atoms with Gasteiger partial charge in [-0.3, -0.25) is 9.69 Å². The Morgan fingerprint density at radius 3 is 2.39 bits per heavy atom. The van der Waals surface area contributed by atoms with E-state index in [1.54, 1.807) is 7.11 Å². The first-order valence-corrected chi connectivity index (χ1v) is 10.0. The third kappa shape index (κ3) is 4.84. The maximum atomic E-state index is 12.7. The summed E-state index contributed by atoms with van der Waals surface area (Å²) in [7, 11) is 5.69. The second kappa shape index (κ2) is 9.60. The van der Waals surface area contributed by atoms with Gasteiger partial charge in [0.05, 0.1) is 13.2 Å². The molecule has 1 N–H and O–H groups in total. The summed E-state index contributed by atoms with van der Waals surface area (Å²) in [5.74, 6) is 0.838. The first kappa shape index (κ1) is 20.2. The summed E-state index contributed by atoms with van der Waals surface area (Å²) in [6.45, 7) is 2.67. The minimum absolute atomic E-state index is 0.0396. The number of carbonyl (C=O) groups is 1. The lowest BCUT2D eigenvalue weighted by atomic mass is 10.0. The largest absolute Gasteiger partial charge is 0.496 e. The Hall–Kier alpha value is -2.53. The predicted octanol–water partition coefficient (Wildman–Crippen LogP) is 3.72. The number of methoxy groups -OCH3 is 1. The average molecular weight is 382 g/mol. The molecule has 2 aromatic rings. The Labute approximate surface area is 168 Å². The molecular weight excluding hydrogens is 350 g/mol. The van der Waals surface area contributed by atoms with Crippen LogP contribution in [-0.2, 0) is 0 Å². The smallest absolute Gasteiger partial charge is 0.251 e. The van der Waals surface area contributed by atoms with Crippen LogP contribution in [0.3, 0.4) is 0 Å². The van der Waals surface area contributed by atoms with Crippen molar-refractivity contribution in [3.8, 4) is 5.75 Å². The number of hydrogen-bond acceptors (Lipinski definition) is 4. The zero-order valence-electron chi connectivity index (χ0n) is 17.1. The highest BCUT2D eigenvalue weighted by atomic mass is 16.5. The number of ether oxygens (including phenoxy) is 1. The lowest BCUT2D eigenvalue weighted by Crippen LogP contribution is -2.40. The average Bonchev–Trinajstić information content (AvgIpc) is 2.75. The molecule has 1 heterocycles. The quantitative estimate of drug-likeness (QED) is 0.794. The maximum Gasteiger partial charge on any atom is 0.251 e. The topological polar surface area (TPSA) is 44.8 Å². The van der Waals surface area contributed by atoms with Crippen LogP contribution in [-0.4, -0.2) is 51.6 Å². The number of rotatable bonds is 7. The summed E-state index contributed by atoms with van der Waals surface area (Å²) >= 11 is 0. The molecule has 1 aliphatic heterocycles. The van der Waals surface area contributed by atoms with Crippen LogP contribution < -0.4 is 15.0 Å². The van der Waals surface area contributed by atoms with Crippen molar-refractivity contribution in [1.29, 1.82) is 0 Å². The molecular formula is C23H31N3O2. The standard InChI is InChI=1S/C23H31N3O2/c1-25(2)19-13-11-18(12-14-19)23(27)24-17-21(26-15-7-4-8-16-26)20-9-5-6-10-22(20)28-3/h5-6,9-14,21H,4,7-8,15-17H2,1-3H3,(H,24,27). The fraction of sp³-hybridized carbons (Fsp3) is 0.435. The molecule has 0 saturated carbocycles. The fourth-order valence-electron chi connectivity index (χ4n) is 3.81. The van der Waals surface area contributed by atoms with Crippen LogP contribution in [0.5, 0.6) is 5.75 Å². The molecule has 1 fully saturated rings. The number of carbonyl (C=O) groups excluding carboxylic acids is 1. The van der Waals surface area contributed by atoms with E-state index in [1.165, 1.54) is 19.3 Å². The number of para-hydroxylation sites is 1. The Balaban J connectivity index is 1.74. The predicted molar refractivity (Wildman–Crippen MR) is 114 cm³/mol. The lowest BCUT2D eigenvalue weighted by molar-refractivity contribution is 0.0923. The molecule has 1 aliphatic rings. The van der Waals surface area contributed by atoms with Crippen molar-refractivity contribution in [2.75, 3.05) is 45.7 Å². The third-order valence-corrected chi connectivity index (χ3v) is 5.43. The highest BCUT2D eigenvalue weighted by molar-refractivity contribution is 5.94. The van der Waals surface area contributed by atoms with Crippen molar-refractivity contribution in [1.82, 2.24) is 10.2 Å². The van der Waals surface area contributed by atoms with E-state index in [0.717, 1.165) is 30.1 Å². The first-order valence-electron chi connectivity index (χ1n) is 10.0. The van der Waals surface area contributed by atoms with Gasteiger partial charge < -0.3 is 15.0 Å². The lowest BCUT2D eigenvalue weighted by Gasteiger charge is -2.35. The van der Waals surface area contributed by atoms with E-state index >= 15 is 0 Å². The zero-order chi connectivity index (χ0) is 19.9. The molecule has 28 heavy (non-hydrogen) atoms. The molecule has 1 saturated heterocycles. The third-order valence-electron chi connectivity index (χ3n) is 5.43. The van der Waals surface area contributed by atoms with Crippen LogP contribution in [0.25, 0.3) is 0 Å². The number of amides is 1. The van der Waals surface area contributed by atoms with Gasteiger partial charge in [0.25, 0.3) is 5.91 Å². The van der Waals surface area contributed by atoms with E-state index in [1.807, 2.05) is 61.5 Å². The van der Waals surface area contributed by atoms with Crippen LogP contribution in [0.15, 0.2) is 48.5 Å². The first-order chi connectivity index (χ1) is 13.6. The molecule has 5 nitrogen and oxygen atoms in total. The van der Waals surface area contributed by atoms with Gasteiger partial charge in [-0.1, -0.05) is 24.6 Å². The Kier molecular flexibility index (Phi) is 6.93. The summed E-state index contributed by atoms with van der Waals surface area (Å²) in [6, 6.07) is 15.9. The number of piperidine rings is 1. The molecule has 0 bridgehead atoms. The van der Waals surface area contributed by atoms with Crippen molar-refractivity contribution in [3.63, 3.8) is 0 Å². The van der Waals surface area contributed by atoms with E-state index in [0.29, 0.717) is 12.1 Å². The summed E-state index contributed by atoms with van der Waals surface area (Å²) in [5, 5.41) is 3.15. The molecule has 3 rings (SSSR count). The van der Waals surface area contributed by atoms with Crippen LogP contribution in [0.2, 0.25) is 0 Å². The maximum absolute atomic E-state index is 12.7. The second-order valence-electron chi connectivity index (χ2n) is 7.51. The van der Waals surface area contributed by atoms with Crippen LogP contribution >= 0.6 is 0 Å². The monoisotopic (exact) mass is 381 g/mol. The van der Waals surface area contributed by atoms with Gasteiger partial charge in [-0.25, -0.2) is 0 Å². The van der Waals surface area contributed by atoms with Crippen molar-refractivity contribution >= 4 is 11.6 Å². The van der Waals surface area contributed by atoms with Gasteiger partial charge in [0.2, 0.25) is 0 Å². The number of likely N-dealkylation sites (tertiary alicyclic amines) is 1. The normalized spacial score (nSPS) is 15.7.